The number of H-pyrrole nitrogens is 1. The van der Waals surface area contributed by atoms with Crippen LogP contribution in [0.25, 0.3) is 0 Å². The van der Waals surface area contributed by atoms with Crippen LogP contribution in [0.15, 0.2) is 15.8 Å². The van der Waals surface area contributed by atoms with E-state index >= 15 is 0 Å². The second kappa shape index (κ2) is 8.23. The highest BCUT2D eigenvalue weighted by molar-refractivity contribution is 7.99. The normalized spacial score (nSPS) is 12.8. The monoisotopic (exact) mass is 306 g/mol. The van der Waals surface area contributed by atoms with Crippen molar-refractivity contribution in [1.82, 2.24) is 9.55 Å². The van der Waals surface area contributed by atoms with E-state index in [1.54, 1.807) is 13.8 Å². The van der Waals surface area contributed by atoms with Crippen molar-refractivity contribution < 1.29 is 14.2 Å². The number of nitrogens with one attached hydrogen (secondary N) is 1. The molecule has 1 rings (SSSR count). The van der Waals surface area contributed by atoms with E-state index in [2.05, 4.69) is 0 Å². The van der Waals surface area contributed by atoms with Gasteiger partial charge < -0.3 is 9.84 Å². The molecule has 0 aliphatic carbocycles. The van der Waals surface area contributed by atoms with Gasteiger partial charge in [0.05, 0.1) is 18.9 Å². The molecular formula is C12H19FN2O4S. The zero-order valence-electron chi connectivity index (χ0n) is 11.5. The lowest BCUT2D eigenvalue weighted by atomic mass is 10.4. The van der Waals surface area contributed by atoms with E-state index in [-0.39, 0.29) is 12.7 Å². The number of thioether (sulfide) groups is 1. The van der Waals surface area contributed by atoms with E-state index in [0.29, 0.717) is 17.9 Å². The Labute approximate surface area is 120 Å². The minimum absolute atomic E-state index is 0.0770. The molecule has 0 unspecified atom stereocenters. The van der Waals surface area contributed by atoms with Crippen molar-refractivity contribution in [3.05, 3.63) is 32.9 Å². The fourth-order valence-electron chi connectivity index (χ4n) is 1.61. The van der Waals surface area contributed by atoms with Crippen molar-refractivity contribution >= 4 is 11.8 Å². The fourth-order valence-corrected chi connectivity index (χ4v) is 2.31. The van der Waals surface area contributed by atoms with E-state index in [1.165, 1.54) is 11.8 Å². The lowest BCUT2D eigenvalue weighted by molar-refractivity contribution is -0.0417. The van der Waals surface area contributed by atoms with Crippen LogP contribution in [0.5, 0.6) is 0 Å². The minimum Gasteiger partial charge on any atom is -0.396 e. The Bertz CT molecular complexity index is 529. The van der Waals surface area contributed by atoms with E-state index in [9.17, 15) is 14.0 Å². The van der Waals surface area contributed by atoms with Gasteiger partial charge in [0, 0.05) is 12.2 Å². The molecule has 1 aromatic rings. The maximum Gasteiger partial charge on any atom is 0.330 e. The second-order valence-corrected chi connectivity index (χ2v) is 5.63. The lowest BCUT2D eigenvalue weighted by Crippen LogP contribution is -2.35. The molecule has 0 spiro atoms. The van der Waals surface area contributed by atoms with Crippen LogP contribution in [0.4, 0.5) is 4.39 Å². The highest BCUT2D eigenvalue weighted by atomic mass is 32.2. The molecule has 0 aromatic carbocycles. The van der Waals surface area contributed by atoms with Crippen LogP contribution in [0, 0.1) is 5.82 Å². The number of ether oxygens (including phenoxy) is 1. The Hall–Kier alpha value is -1.12. The van der Waals surface area contributed by atoms with Crippen molar-refractivity contribution in [2.75, 3.05) is 18.1 Å². The van der Waals surface area contributed by atoms with Gasteiger partial charge in [-0.25, -0.2) is 4.79 Å². The van der Waals surface area contributed by atoms with Crippen LogP contribution < -0.4 is 11.2 Å². The highest BCUT2D eigenvalue weighted by Crippen LogP contribution is 2.17. The Balaban J connectivity index is 2.89. The molecule has 0 radical (unpaired) electrons. The molecule has 8 heteroatoms. The fraction of sp³-hybridized carbons (Fsp3) is 0.667. The molecule has 114 valence electrons. The first-order valence-corrected chi connectivity index (χ1v) is 7.46. The molecule has 0 saturated carbocycles. The van der Waals surface area contributed by atoms with Crippen molar-refractivity contribution in [3.63, 3.8) is 0 Å². The molecule has 1 heterocycles. The van der Waals surface area contributed by atoms with Crippen LogP contribution >= 0.6 is 11.8 Å². The second-order valence-electron chi connectivity index (χ2n) is 4.41. The zero-order chi connectivity index (χ0) is 15.1. The quantitative estimate of drug-likeness (QED) is 0.691. The third kappa shape index (κ3) is 5.10. The molecule has 0 bridgehead atoms. The molecule has 0 aliphatic heterocycles. The van der Waals surface area contributed by atoms with Gasteiger partial charge in [-0.1, -0.05) is 0 Å². The largest absolute Gasteiger partial charge is 0.396 e. The average Bonchev–Trinajstić information content (AvgIpc) is 2.37. The summed E-state index contributed by atoms with van der Waals surface area (Å²) in [6.45, 7) is 3.69. The summed E-state index contributed by atoms with van der Waals surface area (Å²) in [5.41, 5.74) is -1.74. The van der Waals surface area contributed by atoms with Gasteiger partial charge in [-0.2, -0.15) is 16.2 Å². The number of halogens is 1. The summed E-state index contributed by atoms with van der Waals surface area (Å²) in [5, 5.41) is 8.71. The minimum atomic E-state index is -1.04. The maximum atomic E-state index is 13.3. The molecule has 0 saturated heterocycles. The maximum absolute atomic E-state index is 13.3. The van der Waals surface area contributed by atoms with Gasteiger partial charge in [0.25, 0.3) is 5.56 Å². The Kier molecular flexibility index (Phi) is 6.97. The zero-order valence-corrected chi connectivity index (χ0v) is 12.3. The predicted molar refractivity (Wildman–Crippen MR) is 75.6 cm³/mol. The molecule has 6 nitrogen and oxygen atoms in total. The van der Waals surface area contributed by atoms with Crippen molar-refractivity contribution in [1.29, 1.82) is 0 Å². The molecule has 1 atom stereocenters. The molecule has 20 heavy (non-hydrogen) atoms. The Morgan fingerprint density at radius 2 is 2.15 bits per heavy atom. The number of aliphatic hydroxyl groups excluding tert-OH is 1. The molecular weight excluding hydrogens is 287 g/mol. The summed E-state index contributed by atoms with van der Waals surface area (Å²) in [7, 11) is 0. The number of hydrogen-bond acceptors (Lipinski definition) is 5. The summed E-state index contributed by atoms with van der Waals surface area (Å²) in [4.78, 5) is 24.6. The van der Waals surface area contributed by atoms with Gasteiger partial charge in [-0.15, -0.1) is 0 Å². The first-order chi connectivity index (χ1) is 9.45. The van der Waals surface area contributed by atoms with Crippen LogP contribution in [-0.2, 0) is 4.74 Å². The first kappa shape index (κ1) is 16.9. The van der Waals surface area contributed by atoms with Crippen LogP contribution in [0.1, 0.15) is 26.5 Å². The topological polar surface area (TPSA) is 84.3 Å². The number of aromatic nitrogens is 2. The van der Waals surface area contributed by atoms with Gasteiger partial charge in [0.15, 0.2) is 0 Å². The molecule has 0 fully saturated rings. The van der Waals surface area contributed by atoms with E-state index < -0.39 is 23.3 Å². The lowest BCUT2D eigenvalue weighted by Gasteiger charge is -2.22. The van der Waals surface area contributed by atoms with E-state index in [4.69, 9.17) is 9.84 Å². The van der Waals surface area contributed by atoms with Crippen molar-refractivity contribution in [3.8, 4) is 0 Å². The molecule has 0 amide bonds. The number of aromatic amines is 1. The molecule has 1 aromatic heterocycles. The Morgan fingerprint density at radius 3 is 2.75 bits per heavy atom. The smallest absolute Gasteiger partial charge is 0.330 e. The number of rotatable bonds is 8. The number of aliphatic hydroxyl groups is 1. The summed E-state index contributed by atoms with van der Waals surface area (Å²) in [6, 6.07) is 0. The molecule has 0 aliphatic rings. The van der Waals surface area contributed by atoms with Gasteiger partial charge in [0.1, 0.15) is 6.23 Å². The van der Waals surface area contributed by atoms with Crippen LogP contribution in [0.3, 0.4) is 0 Å². The Morgan fingerprint density at radius 1 is 1.45 bits per heavy atom. The third-order valence-corrected chi connectivity index (χ3v) is 3.40. The van der Waals surface area contributed by atoms with Crippen molar-refractivity contribution in [2.45, 2.75) is 32.6 Å². The third-order valence-electron chi connectivity index (χ3n) is 2.41. The van der Waals surface area contributed by atoms with E-state index in [0.717, 1.165) is 10.8 Å². The van der Waals surface area contributed by atoms with Gasteiger partial charge in [-0.3, -0.25) is 14.3 Å². The SMILES string of the molecule is CC(C)O[C@H](CCSCCO)n1cc(F)c(=O)[nH]c1=O. The predicted octanol–water partition coefficient (Wildman–Crippen LogP) is 0.715. The van der Waals surface area contributed by atoms with Crippen LogP contribution in [-0.4, -0.2) is 38.9 Å². The van der Waals surface area contributed by atoms with E-state index in [1.807, 2.05) is 4.98 Å². The molecule has 2 N–H and O–H groups in total. The summed E-state index contributed by atoms with van der Waals surface area (Å²) in [5.74, 6) is 0.207. The van der Waals surface area contributed by atoms with Gasteiger partial charge in [-0.05, 0) is 19.6 Å². The number of hydrogen-bond donors (Lipinski definition) is 2. The first-order valence-electron chi connectivity index (χ1n) is 6.30. The van der Waals surface area contributed by atoms with Gasteiger partial charge in [0.2, 0.25) is 5.82 Å². The average molecular weight is 306 g/mol. The summed E-state index contributed by atoms with van der Waals surface area (Å²) in [6.07, 6.45) is 0.531. The summed E-state index contributed by atoms with van der Waals surface area (Å²) >= 11 is 1.51. The number of nitrogens with zero attached hydrogens (tertiary/aromatic N) is 1. The standard InChI is InChI=1S/C12H19FN2O4S/c1-8(2)19-10(3-5-20-6-4-16)15-7-9(13)11(17)14-12(15)18/h7-8,10,16H,3-6H2,1-2H3,(H,14,17,18)/t10-/m1/s1. The highest BCUT2D eigenvalue weighted by Gasteiger charge is 2.16. The van der Waals surface area contributed by atoms with Gasteiger partial charge >= 0.3 is 5.69 Å². The summed E-state index contributed by atoms with van der Waals surface area (Å²) < 4.78 is 19.9. The van der Waals surface area contributed by atoms with Crippen molar-refractivity contribution in [2.24, 2.45) is 0 Å². The van der Waals surface area contributed by atoms with Crippen LogP contribution in [0.2, 0.25) is 0 Å².